The zero-order valence-corrected chi connectivity index (χ0v) is 19.4. The number of hydrogen-bond acceptors (Lipinski definition) is 4. The molecule has 2 aromatic heterocycles. The number of hydrogen-bond donors (Lipinski definition) is 0. The Labute approximate surface area is 199 Å². The van der Waals surface area contributed by atoms with Crippen LogP contribution in [0.2, 0.25) is 15.1 Å². The summed E-state index contributed by atoms with van der Waals surface area (Å²) in [4.78, 5) is 8.79. The maximum atomic E-state index is 6.43. The van der Waals surface area contributed by atoms with Gasteiger partial charge in [-0.15, -0.1) is 23.7 Å². The van der Waals surface area contributed by atoms with Crippen LogP contribution in [-0.2, 0) is 17.9 Å². The van der Waals surface area contributed by atoms with Crippen LogP contribution < -0.4 is 0 Å². The number of aromatic nitrogens is 3. The van der Waals surface area contributed by atoms with E-state index in [2.05, 4.69) is 9.97 Å². The van der Waals surface area contributed by atoms with E-state index in [1.165, 1.54) is 0 Å². The maximum Gasteiger partial charge on any atom is 0.123 e. The second kappa shape index (κ2) is 10.6. The van der Waals surface area contributed by atoms with Gasteiger partial charge in [0.1, 0.15) is 11.1 Å². The quantitative estimate of drug-likeness (QED) is 0.266. The molecule has 30 heavy (non-hydrogen) atoms. The molecule has 2 aromatic carbocycles. The maximum absolute atomic E-state index is 6.43. The van der Waals surface area contributed by atoms with E-state index < -0.39 is 0 Å². The van der Waals surface area contributed by atoms with Crippen LogP contribution in [0.4, 0.5) is 0 Å². The molecule has 0 saturated heterocycles. The molecule has 2 heterocycles. The smallest absolute Gasteiger partial charge is 0.123 e. The summed E-state index contributed by atoms with van der Waals surface area (Å²) in [6.07, 6.45) is 5.11. The molecule has 0 fully saturated rings. The van der Waals surface area contributed by atoms with Crippen molar-refractivity contribution in [1.29, 1.82) is 0 Å². The van der Waals surface area contributed by atoms with Gasteiger partial charge in [0.2, 0.25) is 0 Å². The van der Waals surface area contributed by atoms with E-state index in [1.807, 2.05) is 52.5 Å². The molecule has 0 spiro atoms. The number of rotatable bonds is 7. The van der Waals surface area contributed by atoms with Crippen LogP contribution in [0.3, 0.4) is 0 Å². The Bertz CT molecular complexity index is 1080. The number of halogens is 4. The Kier molecular flexibility index (Phi) is 8.17. The molecular weight excluding hydrogens is 484 g/mol. The van der Waals surface area contributed by atoms with Crippen LogP contribution in [0.1, 0.15) is 17.4 Å². The fourth-order valence-electron chi connectivity index (χ4n) is 2.87. The summed E-state index contributed by atoms with van der Waals surface area (Å²) in [6.45, 7) is 0.942. The first-order valence-electron chi connectivity index (χ1n) is 8.81. The van der Waals surface area contributed by atoms with E-state index in [9.17, 15) is 0 Å². The third-order valence-corrected chi connectivity index (χ3v) is 6.08. The minimum atomic E-state index is -0.269. The molecule has 1 unspecified atom stereocenters. The van der Waals surface area contributed by atoms with Crippen LogP contribution in [0.15, 0.2) is 66.6 Å². The number of imidazole rings is 1. The lowest BCUT2D eigenvalue weighted by molar-refractivity contribution is 0.0265. The Morgan fingerprint density at radius 1 is 1.03 bits per heavy atom. The highest BCUT2D eigenvalue weighted by Gasteiger charge is 2.18. The predicted octanol–water partition coefficient (Wildman–Crippen LogP) is 7.35. The summed E-state index contributed by atoms with van der Waals surface area (Å²) in [7, 11) is 0. The van der Waals surface area contributed by atoms with Crippen molar-refractivity contribution in [3.63, 3.8) is 0 Å². The summed E-state index contributed by atoms with van der Waals surface area (Å²) in [5, 5.41) is 4.80. The minimum Gasteiger partial charge on any atom is -0.365 e. The summed E-state index contributed by atoms with van der Waals surface area (Å²) < 4.78 is 8.18. The highest BCUT2D eigenvalue weighted by Crippen LogP contribution is 2.31. The Morgan fingerprint density at radius 3 is 2.50 bits per heavy atom. The van der Waals surface area contributed by atoms with Crippen molar-refractivity contribution in [2.75, 3.05) is 0 Å². The van der Waals surface area contributed by atoms with Crippen LogP contribution in [0.5, 0.6) is 0 Å². The molecule has 9 heteroatoms. The molecule has 156 valence electrons. The van der Waals surface area contributed by atoms with Crippen molar-refractivity contribution in [3.8, 4) is 10.6 Å². The molecule has 0 aliphatic rings. The van der Waals surface area contributed by atoms with Gasteiger partial charge in [-0.2, -0.15) is 0 Å². The van der Waals surface area contributed by atoms with Crippen LogP contribution in [0, 0.1) is 0 Å². The molecule has 0 bridgehead atoms. The van der Waals surface area contributed by atoms with E-state index in [-0.39, 0.29) is 18.5 Å². The molecule has 0 N–H and O–H groups in total. The zero-order chi connectivity index (χ0) is 20.2. The third kappa shape index (κ3) is 5.76. The van der Waals surface area contributed by atoms with Crippen molar-refractivity contribution >= 4 is 58.5 Å². The predicted molar refractivity (Wildman–Crippen MR) is 126 cm³/mol. The molecule has 4 nitrogen and oxygen atoms in total. The van der Waals surface area contributed by atoms with E-state index in [1.54, 1.807) is 29.9 Å². The number of ether oxygens (including phenoxy) is 1. The van der Waals surface area contributed by atoms with E-state index in [0.29, 0.717) is 28.2 Å². The fraction of sp³-hybridized carbons (Fsp3) is 0.143. The zero-order valence-electron chi connectivity index (χ0n) is 15.5. The molecule has 4 aromatic rings. The highest BCUT2D eigenvalue weighted by atomic mass is 35.5. The van der Waals surface area contributed by atoms with E-state index >= 15 is 0 Å². The van der Waals surface area contributed by atoms with Crippen LogP contribution in [0.25, 0.3) is 10.6 Å². The molecule has 1 atom stereocenters. The lowest BCUT2D eigenvalue weighted by atomic mass is 10.1. The largest absolute Gasteiger partial charge is 0.365 e. The average Bonchev–Trinajstić information content (AvgIpc) is 3.38. The van der Waals surface area contributed by atoms with Gasteiger partial charge in [0.05, 0.1) is 25.2 Å². The number of thiazole rings is 1. The van der Waals surface area contributed by atoms with Gasteiger partial charge in [-0.05, 0) is 24.3 Å². The summed E-state index contributed by atoms with van der Waals surface area (Å²) in [5.74, 6) is 0. The summed E-state index contributed by atoms with van der Waals surface area (Å²) in [5.41, 5.74) is 2.76. The standard InChI is InChI=1S/C21H16Cl3N3OS.ClH/c22-15-3-1-14(2-4-15)21-26-17(12-29-21)11-28-20(10-27-8-7-25-13-27)18-6-5-16(23)9-19(18)24;/h1-9,12-13,20H,10-11H2;1H. The van der Waals surface area contributed by atoms with E-state index in [0.717, 1.165) is 21.8 Å². The molecule has 0 aliphatic carbocycles. The van der Waals surface area contributed by atoms with Crippen LogP contribution >= 0.6 is 58.5 Å². The molecule has 0 aliphatic heterocycles. The first kappa shape index (κ1) is 23.1. The van der Waals surface area contributed by atoms with Crippen molar-refractivity contribution in [1.82, 2.24) is 14.5 Å². The van der Waals surface area contributed by atoms with Gasteiger partial charge in [0.25, 0.3) is 0 Å². The SMILES string of the molecule is Cl.Clc1ccc(-c2nc(COC(Cn3ccnc3)c3ccc(Cl)cc3Cl)cs2)cc1. The number of nitrogens with zero attached hydrogens (tertiary/aromatic N) is 3. The van der Waals surface area contributed by atoms with Crippen molar-refractivity contribution in [3.05, 3.63) is 92.9 Å². The molecular formula is C21H17Cl4N3OS. The van der Waals surface area contributed by atoms with Crippen molar-refractivity contribution < 1.29 is 4.74 Å². The lowest BCUT2D eigenvalue weighted by Crippen LogP contribution is -2.12. The van der Waals surface area contributed by atoms with Crippen LogP contribution in [-0.4, -0.2) is 14.5 Å². The second-order valence-electron chi connectivity index (χ2n) is 6.38. The Morgan fingerprint density at radius 2 is 1.80 bits per heavy atom. The Hall–Kier alpha value is -1.60. The normalized spacial score (nSPS) is 11.8. The minimum absolute atomic E-state index is 0. The molecule has 0 amide bonds. The average molecular weight is 501 g/mol. The van der Waals surface area contributed by atoms with Crippen molar-refractivity contribution in [2.45, 2.75) is 19.3 Å². The fourth-order valence-corrected chi connectivity index (χ4v) is 4.34. The number of benzene rings is 2. The van der Waals surface area contributed by atoms with Gasteiger partial charge >= 0.3 is 0 Å². The van der Waals surface area contributed by atoms with Crippen molar-refractivity contribution in [2.24, 2.45) is 0 Å². The first-order chi connectivity index (χ1) is 14.1. The Balaban J connectivity index is 0.00000256. The van der Waals surface area contributed by atoms with Gasteiger partial charge in [-0.3, -0.25) is 0 Å². The summed E-state index contributed by atoms with van der Waals surface area (Å²) >= 11 is 20.0. The first-order valence-corrected chi connectivity index (χ1v) is 10.8. The monoisotopic (exact) mass is 499 g/mol. The van der Waals surface area contributed by atoms with E-state index in [4.69, 9.17) is 39.5 Å². The lowest BCUT2D eigenvalue weighted by Gasteiger charge is -2.20. The van der Waals surface area contributed by atoms with Gasteiger partial charge in [0, 0.05) is 44.0 Å². The van der Waals surface area contributed by atoms with Gasteiger partial charge < -0.3 is 9.30 Å². The molecule has 0 saturated carbocycles. The second-order valence-corrected chi connectivity index (χ2v) is 8.51. The van der Waals surface area contributed by atoms with Gasteiger partial charge in [-0.25, -0.2) is 9.97 Å². The molecule has 4 rings (SSSR count). The third-order valence-electron chi connectivity index (χ3n) is 4.32. The van der Waals surface area contributed by atoms with Gasteiger partial charge in [-0.1, -0.05) is 53.0 Å². The topological polar surface area (TPSA) is 39.9 Å². The molecule has 0 radical (unpaired) electrons. The van der Waals surface area contributed by atoms with Gasteiger partial charge in [0.15, 0.2) is 0 Å². The summed E-state index contributed by atoms with van der Waals surface area (Å²) in [6, 6.07) is 13.1. The highest BCUT2D eigenvalue weighted by molar-refractivity contribution is 7.13.